The molecule has 0 aliphatic heterocycles. The second kappa shape index (κ2) is 11.8. The topological polar surface area (TPSA) is 0 Å². The lowest BCUT2D eigenvalue weighted by Gasteiger charge is -2.28. The standard InChI is InChI=1S/C32H38F2/c1-3-7-24-10-12-25(13-11-24)14-15-26-16-18-28(19-17-26)29-21-31(33)30(32(34)22-29)20-23(2)27-8-5-4-6-9-27/h4-6,8-9,16-19,21-25H,3,7,10-15,20H2,1-2H3. The van der Waals surface area contributed by atoms with E-state index < -0.39 is 11.6 Å². The fourth-order valence-electron chi connectivity index (χ4n) is 5.62. The van der Waals surface area contributed by atoms with Gasteiger partial charge in [0.05, 0.1) is 0 Å². The summed E-state index contributed by atoms with van der Waals surface area (Å²) in [6, 6.07) is 21.1. The Labute approximate surface area is 204 Å². The van der Waals surface area contributed by atoms with Crippen LogP contribution in [0.2, 0.25) is 0 Å². The zero-order valence-corrected chi connectivity index (χ0v) is 20.7. The van der Waals surface area contributed by atoms with Gasteiger partial charge in [-0.25, -0.2) is 8.78 Å². The van der Waals surface area contributed by atoms with E-state index in [0.29, 0.717) is 12.0 Å². The van der Waals surface area contributed by atoms with Crippen molar-refractivity contribution < 1.29 is 8.78 Å². The molecule has 0 radical (unpaired) electrons. The van der Waals surface area contributed by atoms with Crippen molar-refractivity contribution in [3.63, 3.8) is 0 Å². The summed E-state index contributed by atoms with van der Waals surface area (Å²) in [4.78, 5) is 0. The molecule has 34 heavy (non-hydrogen) atoms. The molecule has 1 unspecified atom stereocenters. The number of aryl methyl sites for hydroxylation is 1. The van der Waals surface area contributed by atoms with Gasteiger partial charge in [0.1, 0.15) is 11.6 Å². The van der Waals surface area contributed by atoms with Crippen LogP contribution < -0.4 is 0 Å². The molecule has 3 aromatic rings. The van der Waals surface area contributed by atoms with Crippen LogP contribution in [0.15, 0.2) is 66.7 Å². The first-order chi connectivity index (χ1) is 16.5. The maximum absolute atomic E-state index is 14.9. The van der Waals surface area contributed by atoms with Crippen molar-refractivity contribution >= 4 is 0 Å². The fraction of sp³-hybridized carbons (Fsp3) is 0.438. The van der Waals surface area contributed by atoms with Crippen LogP contribution in [-0.2, 0) is 12.8 Å². The van der Waals surface area contributed by atoms with Gasteiger partial charge in [-0.2, -0.15) is 0 Å². The van der Waals surface area contributed by atoms with Crippen molar-refractivity contribution in [2.24, 2.45) is 11.8 Å². The van der Waals surface area contributed by atoms with Gasteiger partial charge in [0, 0.05) is 5.56 Å². The molecule has 0 aromatic heterocycles. The van der Waals surface area contributed by atoms with Crippen LogP contribution in [0.25, 0.3) is 11.1 Å². The number of rotatable bonds is 9. The van der Waals surface area contributed by atoms with Crippen LogP contribution in [0.5, 0.6) is 0 Å². The van der Waals surface area contributed by atoms with E-state index in [1.165, 1.54) is 62.6 Å². The highest BCUT2D eigenvalue weighted by atomic mass is 19.1. The van der Waals surface area contributed by atoms with E-state index in [0.717, 1.165) is 29.4 Å². The second-order valence-corrected chi connectivity index (χ2v) is 10.3. The normalized spacial score (nSPS) is 19.2. The Morgan fingerprint density at radius 3 is 1.94 bits per heavy atom. The Bertz CT molecular complexity index is 1010. The molecule has 0 heterocycles. The first-order valence-electron chi connectivity index (χ1n) is 13.2. The molecular formula is C32H38F2. The summed E-state index contributed by atoms with van der Waals surface area (Å²) >= 11 is 0. The van der Waals surface area contributed by atoms with Crippen molar-refractivity contribution in [3.8, 4) is 11.1 Å². The summed E-state index contributed by atoms with van der Waals surface area (Å²) < 4.78 is 29.8. The van der Waals surface area contributed by atoms with Crippen molar-refractivity contribution in [2.75, 3.05) is 0 Å². The van der Waals surface area contributed by atoms with Gasteiger partial charge in [0.15, 0.2) is 0 Å². The lowest BCUT2D eigenvalue weighted by Crippen LogP contribution is -2.15. The molecule has 0 bridgehead atoms. The van der Waals surface area contributed by atoms with Gasteiger partial charge in [-0.3, -0.25) is 0 Å². The van der Waals surface area contributed by atoms with Crippen LogP contribution in [0.4, 0.5) is 8.78 Å². The van der Waals surface area contributed by atoms with Crippen LogP contribution in [-0.4, -0.2) is 0 Å². The van der Waals surface area contributed by atoms with Gasteiger partial charge >= 0.3 is 0 Å². The van der Waals surface area contributed by atoms with E-state index in [4.69, 9.17) is 0 Å². The predicted octanol–water partition coefficient (Wildman–Crippen LogP) is 9.52. The maximum atomic E-state index is 14.9. The van der Waals surface area contributed by atoms with Crippen molar-refractivity contribution in [1.29, 1.82) is 0 Å². The van der Waals surface area contributed by atoms with E-state index in [2.05, 4.69) is 19.1 Å². The molecule has 1 aliphatic carbocycles. The molecular weight excluding hydrogens is 422 g/mol. The molecule has 0 amide bonds. The highest BCUT2D eigenvalue weighted by Gasteiger charge is 2.20. The van der Waals surface area contributed by atoms with Crippen molar-refractivity contribution in [3.05, 3.63) is 95.1 Å². The van der Waals surface area contributed by atoms with Gasteiger partial charge in [0.25, 0.3) is 0 Å². The van der Waals surface area contributed by atoms with Gasteiger partial charge in [-0.1, -0.05) is 107 Å². The summed E-state index contributed by atoms with van der Waals surface area (Å²) in [6.07, 6.45) is 10.9. The van der Waals surface area contributed by atoms with E-state index >= 15 is 0 Å². The first kappa shape index (κ1) is 24.6. The Kier molecular flexibility index (Phi) is 8.53. The average molecular weight is 461 g/mol. The van der Waals surface area contributed by atoms with Gasteiger partial charge in [-0.05, 0) is 71.4 Å². The Morgan fingerprint density at radius 2 is 1.35 bits per heavy atom. The van der Waals surface area contributed by atoms with Crippen molar-refractivity contribution in [1.82, 2.24) is 0 Å². The molecule has 2 heteroatoms. The zero-order valence-electron chi connectivity index (χ0n) is 20.7. The third-order valence-electron chi connectivity index (χ3n) is 7.81. The minimum absolute atomic E-state index is 0.0528. The molecule has 3 aromatic carbocycles. The van der Waals surface area contributed by atoms with Crippen LogP contribution >= 0.6 is 0 Å². The molecule has 1 fully saturated rings. The van der Waals surface area contributed by atoms with Crippen LogP contribution in [0, 0.1) is 23.5 Å². The molecule has 0 nitrogen and oxygen atoms in total. The lowest BCUT2D eigenvalue weighted by atomic mass is 9.78. The number of benzene rings is 3. The molecule has 0 N–H and O–H groups in total. The number of halogens is 2. The SMILES string of the molecule is CCCC1CCC(CCc2ccc(-c3cc(F)c(CC(C)c4ccccc4)c(F)c3)cc2)CC1. The maximum Gasteiger partial charge on any atom is 0.129 e. The summed E-state index contributed by atoms with van der Waals surface area (Å²) in [5, 5.41) is 0. The molecule has 180 valence electrons. The minimum Gasteiger partial charge on any atom is -0.207 e. The predicted molar refractivity (Wildman–Crippen MR) is 139 cm³/mol. The third kappa shape index (κ3) is 6.34. The van der Waals surface area contributed by atoms with Gasteiger partial charge in [0.2, 0.25) is 0 Å². The van der Waals surface area contributed by atoms with Crippen LogP contribution in [0.3, 0.4) is 0 Å². The number of hydrogen-bond donors (Lipinski definition) is 0. The third-order valence-corrected chi connectivity index (χ3v) is 7.81. The Morgan fingerprint density at radius 1 is 0.765 bits per heavy atom. The van der Waals surface area contributed by atoms with E-state index in [-0.39, 0.29) is 11.5 Å². The molecule has 0 spiro atoms. The smallest absolute Gasteiger partial charge is 0.129 e. The fourth-order valence-corrected chi connectivity index (χ4v) is 5.62. The van der Waals surface area contributed by atoms with E-state index in [1.807, 2.05) is 49.4 Å². The highest BCUT2D eigenvalue weighted by Crippen LogP contribution is 2.34. The summed E-state index contributed by atoms with van der Waals surface area (Å²) in [5.41, 5.74) is 4.05. The zero-order chi connectivity index (χ0) is 23.9. The monoisotopic (exact) mass is 460 g/mol. The molecule has 1 atom stereocenters. The van der Waals surface area contributed by atoms with Gasteiger partial charge < -0.3 is 0 Å². The largest absolute Gasteiger partial charge is 0.207 e. The molecule has 1 saturated carbocycles. The Balaban J connectivity index is 1.36. The first-order valence-corrected chi connectivity index (χ1v) is 13.2. The van der Waals surface area contributed by atoms with E-state index in [9.17, 15) is 8.78 Å². The molecule has 4 rings (SSSR count). The Hall–Kier alpha value is -2.48. The average Bonchev–Trinajstić information content (AvgIpc) is 2.86. The van der Waals surface area contributed by atoms with E-state index in [1.54, 1.807) is 0 Å². The summed E-state index contributed by atoms with van der Waals surface area (Å²) in [6.45, 7) is 4.30. The van der Waals surface area contributed by atoms with Crippen molar-refractivity contribution in [2.45, 2.75) is 77.6 Å². The van der Waals surface area contributed by atoms with Gasteiger partial charge in [-0.15, -0.1) is 0 Å². The van der Waals surface area contributed by atoms with Crippen LogP contribution in [0.1, 0.15) is 81.4 Å². The summed E-state index contributed by atoms with van der Waals surface area (Å²) in [5.74, 6) is 0.939. The molecule has 0 saturated heterocycles. The number of hydrogen-bond acceptors (Lipinski definition) is 0. The highest BCUT2D eigenvalue weighted by molar-refractivity contribution is 5.64. The quantitative estimate of drug-likeness (QED) is 0.298. The summed E-state index contributed by atoms with van der Waals surface area (Å²) in [7, 11) is 0. The minimum atomic E-state index is -0.458. The lowest BCUT2D eigenvalue weighted by molar-refractivity contribution is 0.252. The molecule has 1 aliphatic rings. The second-order valence-electron chi connectivity index (χ2n) is 10.3.